The Bertz CT molecular complexity index is 815. The number of halogens is 1. The number of nitrogens with one attached hydrogen (secondary N) is 2. The van der Waals surface area contributed by atoms with E-state index in [9.17, 15) is 14.3 Å². The SMILES string of the molecule is O=C(NCC(O)COc1ccc(F)cc1)c1cc(-c2ccco2)[nH]n1. The van der Waals surface area contributed by atoms with E-state index >= 15 is 0 Å². The Balaban J connectivity index is 1.46. The smallest absolute Gasteiger partial charge is 0.271 e. The third-order valence-corrected chi connectivity index (χ3v) is 3.35. The first kappa shape index (κ1) is 16.7. The topological polar surface area (TPSA) is 100 Å². The molecule has 1 aromatic carbocycles. The first-order valence-corrected chi connectivity index (χ1v) is 7.56. The lowest BCUT2D eigenvalue weighted by Gasteiger charge is -2.12. The molecule has 3 aromatic rings. The minimum Gasteiger partial charge on any atom is -0.491 e. The number of furan rings is 1. The zero-order chi connectivity index (χ0) is 17.6. The molecule has 2 heterocycles. The fraction of sp³-hybridized carbons (Fsp3) is 0.176. The van der Waals surface area contributed by atoms with Crippen LogP contribution in [-0.2, 0) is 0 Å². The summed E-state index contributed by atoms with van der Waals surface area (Å²) in [6.07, 6.45) is 0.602. The number of amides is 1. The molecule has 2 aromatic heterocycles. The lowest BCUT2D eigenvalue weighted by molar-refractivity contribution is 0.0839. The standard InChI is InChI=1S/C17H16FN3O4/c18-11-3-5-13(6-4-11)25-10-12(22)9-19-17(23)15-8-14(20-21-15)16-2-1-7-24-16/h1-8,12,22H,9-10H2,(H,19,23)(H,20,21). The number of carbonyl (C=O) groups is 1. The Kier molecular flexibility index (Phi) is 5.10. The summed E-state index contributed by atoms with van der Waals surface area (Å²) in [7, 11) is 0. The third kappa shape index (κ3) is 4.45. The Morgan fingerprint density at radius 3 is 2.88 bits per heavy atom. The molecular weight excluding hydrogens is 329 g/mol. The maximum atomic E-state index is 12.8. The van der Waals surface area contributed by atoms with Gasteiger partial charge in [-0.1, -0.05) is 0 Å². The van der Waals surface area contributed by atoms with E-state index in [1.54, 1.807) is 18.2 Å². The molecule has 0 spiro atoms. The van der Waals surface area contributed by atoms with E-state index in [-0.39, 0.29) is 24.7 Å². The van der Waals surface area contributed by atoms with Gasteiger partial charge in [-0.15, -0.1) is 0 Å². The Morgan fingerprint density at radius 1 is 1.36 bits per heavy atom. The molecule has 0 saturated heterocycles. The van der Waals surface area contributed by atoms with E-state index in [0.29, 0.717) is 17.2 Å². The predicted molar refractivity (Wildman–Crippen MR) is 86.5 cm³/mol. The second-order valence-electron chi connectivity index (χ2n) is 5.27. The monoisotopic (exact) mass is 345 g/mol. The Labute approximate surface area is 142 Å². The fourth-order valence-corrected chi connectivity index (χ4v) is 2.08. The van der Waals surface area contributed by atoms with Gasteiger partial charge in [-0.3, -0.25) is 9.89 Å². The van der Waals surface area contributed by atoms with Crippen LogP contribution in [0, 0.1) is 5.82 Å². The predicted octanol–water partition coefficient (Wildman–Crippen LogP) is 1.98. The molecule has 1 atom stereocenters. The molecule has 3 rings (SSSR count). The van der Waals surface area contributed by atoms with Crippen LogP contribution in [0.2, 0.25) is 0 Å². The van der Waals surface area contributed by atoms with Gasteiger partial charge in [0.1, 0.15) is 30.0 Å². The number of aromatic nitrogens is 2. The molecule has 1 unspecified atom stereocenters. The van der Waals surface area contributed by atoms with Crippen LogP contribution in [0.5, 0.6) is 5.75 Å². The molecule has 8 heteroatoms. The summed E-state index contributed by atoms with van der Waals surface area (Å²) in [4.78, 5) is 12.0. The van der Waals surface area contributed by atoms with Gasteiger partial charge in [-0.25, -0.2) is 4.39 Å². The summed E-state index contributed by atoms with van der Waals surface area (Å²) >= 11 is 0. The molecule has 1 amide bonds. The molecule has 0 aliphatic rings. The molecule has 7 nitrogen and oxygen atoms in total. The second kappa shape index (κ2) is 7.63. The zero-order valence-corrected chi connectivity index (χ0v) is 13.1. The van der Waals surface area contributed by atoms with Crippen molar-refractivity contribution in [2.75, 3.05) is 13.2 Å². The van der Waals surface area contributed by atoms with Gasteiger partial charge in [-0.05, 0) is 36.4 Å². The van der Waals surface area contributed by atoms with Crippen molar-refractivity contribution in [1.29, 1.82) is 0 Å². The van der Waals surface area contributed by atoms with Crippen LogP contribution < -0.4 is 10.1 Å². The number of ether oxygens (including phenoxy) is 1. The Morgan fingerprint density at radius 2 is 2.16 bits per heavy atom. The average molecular weight is 345 g/mol. The van der Waals surface area contributed by atoms with Gasteiger partial charge in [0.05, 0.1) is 6.26 Å². The number of H-pyrrole nitrogens is 1. The number of carbonyl (C=O) groups excluding carboxylic acids is 1. The normalized spacial score (nSPS) is 11.9. The Hall–Kier alpha value is -3.13. The highest BCUT2D eigenvalue weighted by atomic mass is 19.1. The van der Waals surface area contributed by atoms with E-state index in [4.69, 9.17) is 9.15 Å². The van der Waals surface area contributed by atoms with E-state index in [1.165, 1.54) is 30.5 Å². The van der Waals surface area contributed by atoms with Crippen molar-refractivity contribution in [2.24, 2.45) is 0 Å². The van der Waals surface area contributed by atoms with E-state index < -0.39 is 12.0 Å². The number of aliphatic hydroxyl groups is 1. The maximum Gasteiger partial charge on any atom is 0.271 e. The molecular formula is C17H16FN3O4. The van der Waals surface area contributed by atoms with Gasteiger partial charge >= 0.3 is 0 Å². The van der Waals surface area contributed by atoms with Crippen molar-refractivity contribution < 1.29 is 23.4 Å². The number of benzene rings is 1. The van der Waals surface area contributed by atoms with Crippen molar-refractivity contribution in [3.05, 3.63) is 60.2 Å². The lowest BCUT2D eigenvalue weighted by Crippen LogP contribution is -2.35. The zero-order valence-electron chi connectivity index (χ0n) is 13.1. The van der Waals surface area contributed by atoms with Crippen molar-refractivity contribution in [2.45, 2.75) is 6.10 Å². The molecule has 0 aliphatic heterocycles. The molecule has 25 heavy (non-hydrogen) atoms. The number of aliphatic hydroxyl groups excluding tert-OH is 1. The summed E-state index contributed by atoms with van der Waals surface area (Å²) in [5, 5.41) is 19.0. The number of rotatable bonds is 7. The molecule has 3 N–H and O–H groups in total. The van der Waals surface area contributed by atoms with Crippen LogP contribution in [0.4, 0.5) is 4.39 Å². The maximum absolute atomic E-state index is 12.8. The molecule has 0 bridgehead atoms. The van der Waals surface area contributed by atoms with Crippen LogP contribution in [0.3, 0.4) is 0 Å². The van der Waals surface area contributed by atoms with Gasteiger partial charge in [0.15, 0.2) is 11.5 Å². The quantitative estimate of drug-likeness (QED) is 0.608. The van der Waals surface area contributed by atoms with E-state index in [0.717, 1.165) is 0 Å². The van der Waals surface area contributed by atoms with Crippen LogP contribution in [0.15, 0.2) is 53.1 Å². The van der Waals surface area contributed by atoms with Gasteiger partial charge in [-0.2, -0.15) is 5.10 Å². The highest BCUT2D eigenvalue weighted by molar-refractivity contribution is 5.93. The third-order valence-electron chi connectivity index (χ3n) is 3.35. The fourth-order valence-electron chi connectivity index (χ4n) is 2.08. The van der Waals surface area contributed by atoms with Crippen LogP contribution >= 0.6 is 0 Å². The van der Waals surface area contributed by atoms with E-state index in [1.807, 2.05) is 0 Å². The lowest BCUT2D eigenvalue weighted by atomic mass is 10.3. The summed E-state index contributed by atoms with van der Waals surface area (Å²) < 4.78 is 23.3. The van der Waals surface area contributed by atoms with Crippen LogP contribution in [0.1, 0.15) is 10.5 Å². The highest BCUT2D eigenvalue weighted by Gasteiger charge is 2.14. The number of hydrogen-bond donors (Lipinski definition) is 3. The van der Waals surface area contributed by atoms with Crippen molar-refractivity contribution >= 4 is 5.91 Å². The van der Waals surface area contributed by atoms with Crippen molar-refractivity contribution in [3.63, 3.8) is 0 Å². The average Bonchev–Trinajstić information content (AvgIpc) is 3.30. The number of nitrogens with zero attached hydrogens (tertiary/aromatic N) is 1. The van der Waals surface area contributed by atoms with Crippen molar-refractivity contribution in [1.82, 2.24) is 15.5 Å². The first-order chi connectivity index (χ1) is 12.1. The summed E-state index contributed by atoms with van der Waals surface area (Å²) in [6, 6.07) is 10.5. The molecule has 0 aliphatic carbocycles. The largest absolute Gasteiger partial charge is 0.491 e. The van der Waals surface area contributed by atoms with Gasteiger partial charge < -0.3 is 19.6 Å². The first-order valence-electron chi connectivity index (χ1n) is 7.56. The van der Waals surface area contributed by atoms with Crippen molar-refractivity contribution in [3.8, 4) is 17.2 Å². The molecule has 130 valence electrons. The van der Waals surface area contributed by atoms with Crippen LogP contribution in [-0.4, -0.2) is 40.5 Å². The molecule has 0 fully saturated rings. The minimum atomic E-state index is -0.919. The van der Waals surface area contributed by atoms with Gasteiger partial charge in [0.25, 0.3) is 5.91 Å². The number of aromatic amines is 1. The van der Waals surface area contributed by atoms with Gasteiger partial charge in [0, 0.05) is 12.6 Å². The van der Waals surface area contributed by atoms with Gasteiger partial charge in [0.2, 0.25) is 0 Å². The molecule has 0 saturated carbocycles. The van der Waals surface area contributed by atoms with E-state index in [2.05, 4.69) is 15.5 Å². The summed E-state index contributed by atoms with van der Waals surface area (Å²) in [5.74, 6) is 0.199. The number of hydrogen-bond acceptors (Lipinski definition) is 5. The van der Waals surface area contributed by atoms with Crippen LogP contribution in [0.25, 0.3) is 11.5 Å². The summed E-state index contributed by atoms with van der Waals surface area (Å²) in [5.41, 5.74) is 0.758. The second-order valence-corrected chi connectivity index (χ2v) is 5.27. The summed E-state index contributed by atoms with van der Waals surface area (Å²) in [6.45, 7) is -0.0485. The molecule has 0 radical (unpaired) electrons. The highest BCUT2D eigenvalue weighted by Crippen LogP contribution is 2.17. The minimum absolute atomic E-state index is 0.0109.